The van der Waals surface area contributed by atoms with Crippen LogP contribution in [0.25, 0.3) is 0 Å². The number of hydrogen-bond donors (Lipinski definition) is 0. The van der Waals surface area contributed by atoms with Gasteiger partial charge in [0.05, 0.1) is 0 Å². The minimum Gasteiger partial charge on any atom is -0.302 e. The van der Waals surface area contributed by atoms with Crippen LogP contribution in [0.2, 0.25) is 0 Å². The van der Waals surface area contributed by atoms with Gasteiger partial charge in [-0.1, -0.05) is 6.92 Å². The lowest BCUT2D eigenvalue weighted by Gasteiger charge is -2.17. The predicted molar refractivity (Wildman–Crippen MR) is 52.9 cm³/mol. The summed E-state index contributed by atoms with van der Waals surface area (Å²) in [6.45, 7) is 5.96. The van der Waals surface area contributed by atoms with Gasteiger partial charge in [0.15, 0.2) is 0 Å². The Bertz CT molecular complexity index is 157. The smallest absolute Gasteiger partial charge is 0.0214 e. The topological polar surface area (TPSA) is 3.24 Å². The first kappa shape index (κ1) is 9.61. The molecule has 0 saturated carbocycles. The van der Waals surface area contributed by atoms with Crippen molar-refractivity contribution in [2.24, 2.45) is 5.92 Å². The van der Waals surface area contributed by atoms with E-state index in [1.165, 1.54) is 32.4 Å². The number of likely N-dealkylation sites (tertiary alicyclic amines) is 1. The molecule has 1 nitrogen and oxygen atoms in total. The minimum absolute atomic E-state index is 0.911. The zero-order valence-corrected chi connectivity index (χ0v) is 8.05. The summed E-state index contributed by atoms with van der Waals surface area (Å²) in [6, 6.07) is 0. The highest BCUT2D eigenvalue weighted by molar-refractivity contribution is 4.85. The molecule has 1 unspecified atom stereocenters. The third-order valence-electron chi connectivity index (χ3n) is 2.68. The quantitative estimate of drug-likeness (QED) is 0.567. The maximum Gasteiger partial charge on any atom is 0.0214 e. The van der Waals surface area contributed by atoms with Crippen LogP contribution in [-0.4, -0.2) is 24.5 Å². The lowest BCUT2D eigenvalue weighted by Crippen LogP contribution is -2.25. The molecular formula is C11H19N. The van der Waals surface area contributed by atoms with Crippen LogP contribution in [0.15, 0.2) is 0 Å². The summed E-state index contributed by atoms with van der Waals surface area (Å²) >= 11 is 0. The van der Waals surface area contributed by atoms with E-state index in [1.807, 2.05) is 0 Å². The van der Waals surface area contributed by atoms with Crippen molar-refractivity contribution in [1.29, 1.82) is 0 Å². The van der Waals surface area contributed by atoms with Crippen LogP contribution in [0.3, 0.4) is 0 Å². The summed E-state index contributed by atoms with van der Waals surface area (Å²) in [7, 11) is 0. The Balaban J connectivity index is 2.22. The molecule has 0 spiro atoms. The molecule has 0 aliphatic carbocycles. The maximum atomic E-state index is 5.24. The van der Waals surface area contributed by atoms with Crippen LogP contribution in [0, 0.1) is 18.3 Å². The molecule has 1 heterocycles. The van der Waals surface area contributed by atoms with Crippen LogP contribution in [0.1, 0.15) is 32.6 Å². The molecule has 1 aliphatic heterocycles. The molecule has 1 atom stereocenters. The fraction of sp³-hybridized carbons (Fsp3) is 0.818. The summed E-state index contributed by atoms with van der Waals surface area (Å²) in [6.07, 6.45) is 10.2. The van der Waals surface area contributed by atoms with Crippen molar-refractivity contribution in [3.63, 3.8) is 0 Å². The van der Waals surface area contributed by atoms with Crippen molar-refractivity contribution in [3.05, 3.63) is 0 Å². The SMILES string of the molecule is C#CCCN1CCCC(C)CC1. The highest BCUT2D eigenvalue weighted by Gasteiger charge is 2.12. The van der Waals surface area contributed by atoms with Gasteiger partial charge in [-0.05, 0) is 38.3 Å². The van der Waals surface area contributed by atoms with Crippen molar-refractivity contribution in [3.8, 4) is 12.3 Å². The molecule has 12 heavy (non-hydrogen) atoms. The standard InChI is InChI=1S/C11H19N/c1-3-4-8-12-9-5-6-11(2)7-10-12/h1,11H,4-10H2,2H3. The van der Waals surface area contributed by atoms with E-state index in [0.717, 1.165) is 18.9 Å². The summed E-state index contributed by atoms with van der Waals surface area (Å²) in [5.74, 6) is 3.62. The molecule has 68 valence electrons. The number of rotatable bonds is 2. The van der Waals surface area contributed by atoms with Gasteiger partial charge in [-0.25, -0.2) is 0 Å². The number of hydrogen-bond acceptors (Lipinski definition) is 1. The lowest BCUT2D eigenvalue weighted by molar-refractivity contribution is 0.289. The largest absolute Gasteiger partial charge is 0.302 e. The third-order valence-corrected chi connectivity index (χ3v) is 2.68. The highest BCUT2D eigenvalue weighted by Crippen LogP contribution is 2.16. The zero-order valence-electron chi connectivity index (χ0n) is 8.05. The van der Waals surface area contributed by atoms with E-state index in [1.54, 1.807) is 0 Å². The number of terminal acetylenes is 1. The van der Waals surface area contributed by atoms with E-state index in [0.29, 0.717) is 0 Å². The van der Waals surface area contributed by atoms with Crippen molar-refractivity contribution < 1.29 is 0 Å². The van der Waals surface area contributed by atoms with E-state index in [-0.39, 0.29) is 0 Å². The van der Waals surface area contributed by atoms with Gasteiger partial charge in [0, 0.05) is 13.0 Å². The van der Waals surface area contributed by atoms with Crippen molar-refractivity contribution in [1.82, 2.24) is 4.90 Å². The van der Waals surface area contributed by atoms with Crippen LogP contribution in [-0.2, 0) is 0 Å². The molecular weight excluding hydrogens is 146 g/mol. The van der Waals surface area contributed by atoms with Gasteiger partial charge in [0.2, 0.25) is 0 Å². The first-order chi connectivity index (χ1) is 5.83. The molecule has 1 heteroatoms. The van der Waals surface area contributed by atoms with E-state index in [2.05, 4.69) is 17.7 Å². The predicted octanol–water partition coefficient (Wildman–Crippen LogP) is 2.13. The molecule has 1 saturated heterocycles. The Hall–Kier alpha value is -0.480. The van der Waals surface area contributed by atoms with Crippen LogP contribution in [0.5, 0.6) is 0 Å². The Labute approximate surface area is 76.1 Å². The van der Waals surface area contributed by atoms with Gasteiger partial charge in [-0.2, -0.15) is 0 Å². The molecule has 0 aromatic rings. The summed E-state index contributed by atoms with van der Waals surface area (Å²) in [5, 5.41) is 0. The van der Waals surface area contributed by atoms with E-state index in [4.69, 9.17) is 6.42 Å². The fourth-order valence-corrected chi connectivity index (χ4v) is 1.77. The lowest BCUT2D eigenvalue weighted by atomic mass is 10.0. The van der Waals surface area contributed by atoms with Crippen LogP contribution in [0.4, 0.5) is 0 Å². The first-order valence-electron chi connectivity index (χ1n) is 4.98. The maximum absolute atomic E-state index is 5.24. The molecule has 1 rings (SSSR count). The third kappa shape index (κ3) is 3.28. The van der Waals surface area contributed by atoms with Crippen LogP contribution < -0.4 is 0 Å². The van der Waals surface area contributed by atoms with Crippen molar-refractivity contribution in [2.45, 2.75) is 32.6 Å². The minimum atomic E-state index is 0.911. The van der Waals surface area contributed by atoms with E-state index >= 15 is 0 Å². The number of nitrogens with zero attached hydrogens (tertiary/aromatic N) is 1. The summed E-state index contributed by atoms with van der Waals surface area (Å²) in [4.78, 5) is 2.50. The molecule has 1 aliphatic rings. The summed E-state index contributed by atoms with van der Waals surface area (Å²) in [5.41, 5.74) is 0. The van der Waals surface area contributed by atoms with Crippen LogP contribution >= 0.6 is 0 Å². The molecule has 0 bridgehead atoms. The van der Waals surface area contributed by atoms with Gasteiger partial charge in [-0.15, -0.1) is 12.3 Å². The van der Waals surface area contributed by atoms with Gasteiger partial charge in [-0.3, -0.25) is 0 Å². The van der Waals surface area contributed by atoms with E-state index in [9.17, 15) is 0 Å². The van der Waals surface area contributed by atoms with E-state index < -0.39 is 0 Å². The summed E-state index contributed by atoms with van der Waals surface area (Å²) < 4.78 is 0. The average molecular weight is 165 g/mol. The van der Waals surface area contributed by atoms with Gasteiger partial charge < -0.3 is 4.90 Å². The van der Waals surface area contributed by atoms with Gasteiger partial charge >= 0.3 is 0 Å². The Morgan fingerprint density at radius 1 is 1.42 bits per heavy atom. The van der Waals surface area contributed by atoms with Gasteiger partial charge in [0.1, 0.15) is 0 Å². The second-order valence-corrected chi connectivity index (χ2v) is 3.83. The molecule has 0 aromatic carbocycles. The zero-order chi connectivity index (χ0) is 8.81. The Morgan fingerprint density at radius 3 is 3.00 bits per heavy atom. The van der Waals surface area contributed by atoms with Gasteiger partial charge in [0.25, 0.3) is 0 Å². The molecule has 0 radical (unpaired) electrons. The second kappa shape index (κ2) is 5.22. The first-order valence-corrected chi connectivity index (χ1v) is 4.98. The monoisotopic (exact) mass is 165 g/mol. The highest BCUT2D eigenvalue weighted by atomic mass is 15.1. The molecule has 0 N–H and O–H groups in total. The molecule has 0 aromatic heterocycles. The van der Waals surface area contributed by atoms with Crippen molar-refractivity contribution >= 4 is 0 Å². The Kier molecular flexibility index (Phi) is 4.18. The van der Waals surface area contributed by atoms with Crippen molar-refractivity contribution in [2.75, 3.05) is 19.6 Å². The normalized spacial score (nSPS) is 26.2. The fourth-order valence-electron chi connectivity index (χ4n) is 1.77. The Morgan fingerprint density at radius 2 is 2.25 bits per heavy atom. The molecule has 1 fully saturated rings. The average Bonchev–Trinajstić information content (AvgIpc) is 2.27. The second-order valence-electron chi connectivity index (χ2n) is 3.83. The molecule has 0 amide bonds.